The zero-order valence-electron chi connectivity index (χ0n) is 17.1. The summed E-state index contributed by atoms with van der Waals surface area (Å²) in [5.41, 5.74) is 5.89. The van der Waals surface area contributed by atoms with Crippen LogP contribution in [0.2, 0.25) is 0 Å². The molecule has 1 aliphatic carbocycles. The van der Waals surface area contributed by atoms with E-state index in [0.717, 1.165) is 52.6 Å². The SMILES string of the molecule is Cc1cc2c(SN)cccc2n1-c1nc2c(c(NCc3ccccc3)n1)CCCC2. The van der Waals surface area contributed by atoms with E-state index in [1.54, 1.807) is 0 Å². The van der Waals surface area contributed by atoms with E-state index >= 15 is 0 Å². The van der Waals surface area contributed by atoms with Gasteiger partial charge < -0.3 is 5.32 Å². The highest BCUT2D eigenvalue weighted by molar-refractivity contribution is 7.97. The van der Waals surface area contributed by atoms with Crippen molar-refractivity contribution in [2.75, 3.05) is 5.32 Å². The summed E-state index contributed by atoms with van der Waals surface area (Å²) < 4.78 is 2.15. The van der Waals surface area contributed by atoms with Crippen LogP contribution in [0.15, 0.2) is 59.5 Å². The summed E-state index contributed by atoms with van der Waals surface area (Å²) in [4.78, 5) is 11.1. The quantitative estimate of drug-likeness (QED) is 0.439. The minimum atomic E-state index is 0.734. The van der Waals surface area contributed by atoms with Gasteiger partial charge in [0.2, 0.25) is 5.95 Å². The summed E-state index contributed by atoms with van der Waals surface area (Å²) in [5, 5.41) is 10.6. The van der Waals surface area contributed by atoms with Gasteiger partial charge in [-0.2, -0.15) is 4.98 Å². The van der Waals surface area contributed by atoms with E-state index in [1.165, 1.54) is 41.6 Å². The van der Waals surface area contributed by atoms with Crippen molar-refractivity contribution in [2.24, 2.45) is 5.14 Å². The Bertz CT molecular complexity index is 1200. The number of fused-ring (bicyclic) bond motifs is 2. The molecular weight excluding hydrogens is 390 g/mol. The number of aryl methyl sites for hydroxylation is 2. The predicted molar refractivity (Wildman–Crippen MR) is 124 cm³/mol. The van der Waals surface area contributed by atoms with E-state index in [2.05, 4.69) is 59.3 Å². The smallest absolute Gasteiger partial charge is 0.236 e. The predicted octanol–water partition coefficient (Wildman–Crippen LogP) is 5.19. The average molecular weight is 416 g/mol. The molecule has 0 unspecified atom stereocenters. The topological polar surface area (TPSA) is 68.8 Å². The Morgan fingerprint density at radius 2 is 1.87 bits per heavy atom. The molecular formula is C24H25N5S. The van der Waals surface area contributed by atoms with E-state index in [-0.39, 0.29) is 0 Å². The van der Waals surface area contributed by atoms with Gasteiger partial charge in [0, 0.05) is 28.1 Å². The molecule has 5 rings (SSSR count). The van der Waals surface area contributed by atoms with Crippen LogP contribution in [0, 0.1) is 6.92 Å². The molecule has 2 aromatic carbocycles. The van der Waals surface area contributed by atoms with E-state index < -0.39 is 0 Å². The molecule has 152 valence electrons. The number of nitrogens with one attached hydrogen (secondary N) is 1. The lowest BCUT2D eigenvalue weighted by molar-refractivity contribution is 0.659. The van der Waals surface area contributed by atoms with Gasteiger partial charge in [-0.15, -0.1) is 0 Å². The largest absolute Gasteiger partial charge is 0.366 e. The van der Waals surface area contributed by atoms with Gasteiger partial charge in [-0.25, -0.2) is 4.98 Å². The molecule has 0 saturated heterocycles. The van der Waals surface area contributed by atoms with Gasteiger partial charge in [0.25, 0.3) is 0 Å². The lowest BCUT2D eigenvalue weighted by Crippen LogP contribution is -2.16. The number of rotatable bonds is 5. The monoisotopic (exact) mass is 415 g/mol. The second-order valence-corrected chi connectivity index (χ2v) is 8.45. The molecule has 5 nitrogen and oxygen atoms in total. The summed E-state index contributed by atoms with van der Waals surface area (Å²) in [5.74, 6) is 1.70. The highest BCUT2D eigenvalue weighted by Crippen LogP contribution is 2.32. The minimum Gasteiger partial charge on any atom is -0.366 e. The van der Waals surface area contributed by atoms with Gasteiger partial charge in [0.15, 0.2) is 0 Å². The van der Waals surface area contributed by atoms with Crippen molar-refractivity contribution in [3.05, 3.63) is 77.1 Å². The molecule has 3 N–H and O–H groups in total. The van der Waals surface area contributed by atoms with Crippen molar-refractivity contribution < 1.29 is 0 Å². The van der Waals surface area contributed by atoms with Crippen molar-refractivity contribution in [3.63, 3.8) is 0 Å². The Labute approximate surface area is 180 Å². The van der Waals surface area contributed by atoms with Gasteiger partial charge >= 0.3 is 0 Å². The number of anilines is 1. The molecule has 4 aromatic rings. The second kappa shape index (κ2) is 8.13. The molecule has 6 heteroatoms. The Morgan fingerprint density at radius 3 is 2.70 bits per heavy atom. The standard InChI is InChI=1S/C24H25N5S/c1-16-14-19-21(12-7-13-22(19)30-25)29(16)24-27-20-11-6-5-10-18(20)23(28-24)26-15-17-8-3-2-4-9-17/h2-4,7-9,12-14H,5-6,10-11,15,25H2,1H3,(H,26,27,28). The average Bonchev–Trinajstić information content (AvgIpc) is 3.13. The van der Waals surface area contributed by atoms with Crippen LogP contribution in [-0.4, -0.2) is 14.5 Å². The number of hydrogen-bond acceptors (Lipinski definition) is 5. The molecule has 0 atom stereocenters. The molecule has 30 heavy (non-hydrogen) atoms. The van der Waals surface area contributed by atoms with Gasteiger partial charge in [0.1, 0.15) is 5.82 Å². The lowest BCUT2D eigenvalue weighted by atomic mass is 9.96. The zero-order chi connectivity index (χ0) is 20.5. The number of nitrogens with zero attached hydrogens (tertiary/aromatic N) is 3. The van der Waals surface area contributed by atoms with E-state index in [4.69, 9.17) is 15.1 Å². The van der Waals surface area contributed by atoms with Crippen molar-refractivity contribution in [1.82, 2.24) is 14.5 Å². The third-order valence-corrected chi connectivity index (χ3v) is 6.40. The van der Waals surface area contributed by atoms with Crippen LogP contribution in [0.1, 0.15) is 35.4 Å². The minimum absolute atomic E-state index is 0.734. The number of nitrogens with two attached hydrogens (primary N) is 1. The van der Waals surface area contributed by atoms with Crippen molar-refractivity contribution in [1.29, 1.82) is 0 Å². The number of aromatic nitrogens is 3. The molecule has 0 fully saturated rings. The molecule has 0 amide bonds. The van der Waals surface area contributed by atoms with E-state index in [9.17, 15) is 0 Å². The third-order valence-electron chi connectivity index (χ3n) is 5.79. The fraction of sp³-hybridized carbons (Fsp3) is 0.250. The zero-order valence-corrected chi connectivity index (χ0v) is 17.9. The highest BCUT2D eigenvalue weighted by Gasteiger charge is 2.20. The number of hydrogen-bond donors (Lipinski definition) is 2. The maximum Gasteiger partial charge on any atom is 0.236 e. The Kier molecular flexibility index (Phi) is 5.19. The lowest BCUT2D eigenvalue weighted by Gasteiger charge is -2.21. The van der Waals surface area contributed by atoms with Crippen molar-refractivity contribution in [3.8, 4) is 5.95 Å². The summed E-state index contributed by atoms with van der Waals surface area (Å²) in [7, 11) is 0. The molecule has 0 spiro atoms. The molecule has 2 heterocycles. The summed E-state index contributed by atoms with van der Waals surface area (Å²) >= 11 is 1.28. The van der Waals surface area contributed by atoms with Crippen LogP contribution >= 0.6 is 11.9 Å². The molecule has 2 aromatic heterocycles. The molecule has 0 saturated carbocycles. The van der Waals surface area contributed by atoms with Crippen LogP contribution in [0.3, 0.4) is 0 Å². The van der Waals surface area contributed by atoms with Crippen molar-refractivity contribution in [2.45, 2.75) is 44.0 Å². The fourth-order valence-electron chi connectivity index (χ4n) is 4.31. The van der Waals surface area contributed by atoms with Gasteiger partial charge in [-0.05, 0) is 68.3 Å². The van der Waals surface area contributed by atoms with Gasteiger partial charge in [-0.3, -0.25) is 9.71 Å². The Balaban J connectivity index is 1.61. The van der Waals surface area contributed by atoms with E-state index in [1.807, 2.05) is 12.1 Å². The summed E-state index contributed by atoms with van der Waals surface area (Å²) in [6.07, 6.45) is 4.42. The first-order chi connectivity index (χ1) is 14.7. The Morgan fingerprint density at radius 1 is 1.03 bits per heavy atom. The highest BCUT2D eigenvalue weighted by atomic mass is 32.2. The van der Waals surface area contributed by atoms with Crippen LogP contribution in [-0.2, 0) is 19.4 Å². The maximum atomic E-state index is 5.89. The normalized spacial score (nSPS) is 13.4. The number of benzene rings is 2. The van der Waals surface area contributed by atoms with Crippen molar-refractivity contribution >= 4 is 28.7 Å². The first-order valence-electron chi connectivity index (χ1n) is 10.4. The van der Waals surface area contributed by atoms with Crippen LogP contribution in [0.4, 0.5) is 5.82 Å². The first-order valence-corrected chi connectivity index (χ1v) is 11.3. The first kappa shape index (κ1) is 19.2. The second-order valence-electron chi connectivity index (χ2n) is 7.77. The fourth-order valence-corrected chi connectivity index (χ4v) is 4.76. The maximum absolute atomic E-state index is 5.89. The summed E-state index contributed by atoms with van der Waals surface area (Å²) in [6.45, 7) is 2.86. The molecule has 1 aliphatic rings. The van der Waals surface area contributed by atoms with Crippen LogP contribution in [0.25, 0.3) is 16.9 Å². The third kappa shape index (κ3) is 3.46. The molecule has 0 bridgehead atoms. The molecule has 0 radical (unpaired) electrons. The van der Waals surface area contributed by atoms with Gasteiger partial charge in [0.05, 0.1) is 11.2 Å². The van der Waals surface area contributed by atoms with E-state index in [0.29, 0.717) is 0 Å². The van der Waals surface area contributed by atoms with Gasteiger partial charge in [-0.1, -0.05) is 36.4 Å². The van der Waals surface area contributed by atoms with Crippen LogP contribution in [0.5, 0.6) is 0 Å². The summed E-state index contributed by atoms with van der Waals surface area (Å²) in [6, 6.07) is 18.8. The Hall–Kier alpha value is -2.83. The van der Waals surface area contributed by atoms with Crippen LogP contribution < -0.4 is 10.5 Å². The molecule has 0 aliphatic heterocycles.